The van der Waals surface area contributed by atoms with Crippen LogP contribution >= 0.6 is 11.3 Å². The average molecular weight is 315 g/mol. The number of esters is 1. The number of nitrogens with one attached hydrogen (secondary N) is 1. The lowest BCUT2D eigenvalue weighted by molar-refractivity contribution is -0.165. The summed E-state index contributed by atoms with van der Waals surface area (Å²) >= 11 is 1.02. The smallest absolute Gasteiger partial charge is 0.360 e. The third-order valence-electron chi connectivity index (χ3n) is 2.17. The molecule has 0 aliphatic rings. The normalized spacial score (nSPS) is 11.7. The molecular formula is C11H13N3O6S. The number of methoxy groups -OCH3 is 1. The number of carboxylic acid groups (broad SMARTS) is 1. The van der Waals surface area contributed by atoms with E-state index in [4.69, 9.17) is 9.94 Å². The van der Waals surface area contributed by atoms with Gasteiger partial charge in [-0.05, 0) is 13.8 Å². The van der Waals surface area contributed by atoms with Gasteiger partial charge in [0.05, 0.1) is 7.11 Å². The fourth-order valence-electron chi connectivity index (χ4n) is 1.14. The van der Waals surface area contributed by atoms with Crippen LogP contribution in [0, 0.1) is 0 Å². The van der Waals surface area contributed by atoms with Gasteiger partial charge in [0, 0.05) is 5.38 Å². The first kappa shape index (κ1) is 16.6. The Hall–Kier alpha value is -2.49. The van der Waals surface area contributed by atoms with E-state index < -0.39 is 23.3 Å². The molecule has 10 heteroatoms. The summed E-state index contributed by atoms with van der Waals surface area (Å²) in [6, 6.07) is 0. The number of carbonyl (C=O) groups is 3. The Morgan fingerprint density at radius 1 is 1.52 bits per heavy atom. The van der Waals surface area contributed by atoms with Crippen LogP contribution in [0.25, 0.3) is 0 Å². The van der Waals surface area contributed by atoms with E-state index in [1.807, 2.05) is 0 Å². The third-order valence-corrected chi connectivity index (χ3v) is 2.95. The van der Waals surface area contributed by atoms with Gasteiger partial charge in [-0.2, -0.15) is 0 Å². The minimum absolute atomic E-state index is 0.00230. The predicted molar refractivity (Wildman–Crippen MR) is 73.2 cm³/mol. The van der Waals surface area contributed by atoms with Crippen molar-refractivity contribution in [3.05, 3.63) is 11.1 Å². The SMILES string of the molecule is COC(=O)C(C)(C)ON=C(C(=O)O)c1csc(NC=O)n1. The highest BCUT2D eigenvalue weighted by molar-refractivity contribution is 7.14. The first-order chi connectivity index (χ1) is 9.81. The zero-order valence-electron chi connectivity index (χ0n) is 11.4. The Morgan fingerprint density at radius 2 is 2.19 bits per heavy atom. The lowest BCUT2D eigenvalue weighted by Gasteiger charge is -2.18. The molecular weight excluding hydrogens is 302 g/mol. The largest absolute Gasteiger partial charge is 0.476 e. The summed E-state index contributed by atoms with van der Waals surface area (Å²) in [5, 5.41) is 16.4. The van der Waals surface area contributed by atoms with Gasteiger partial charge in [0.15, 0.2) is 5.13 Å². The van der Waals surface area contributed by atoms with Crippen LogP contribution in [0.2, 0.25) is 0 Å². The summed E-state index contributed by atoms with van der Waals surface area (Å²) in [4.78, 5) is 41.7. The number of hydrogen-bond donors (Lipinski definition) is 2. The molecule has 0 atom stereocenters. The molecule has 0 saturated carbocycles. The molecule has 0 radical (unpaired) electrons. The Balaban J connectivity index is 3.00. The van der Waals surface area contributed by atoms with Gasteiger partial charge >= 0.3 is 11.9 Å². The zero-order chi connectivity index (χ0) is 16.0. The highest BCUT2D eigenvalue weighted by Crippen LogP contribution is 2.17. The van der Waals surface area contributed by atoms with Gasteiger partial charge < -0.3 is 20.0 Å². The van der Waals surface area contributed by atoms with Crippen molar-refractivity contribution in [3.63, 3.8) is 0 Å². The molecule has 9 nitrogen and oxygen atoms in total. The number of carboxylic acids is 1. The molecule has 0 bridgehead atoms. The molecule has 2 N–H and O–H groups in total. The number of aliphatic carboxylic acids is 1. The number of carbonyl (C=O) groups excluding carboxylic acids is 2. The van der Waals surface area contributed by atoms with Gasteiger partial charge in [-0.25, -0.2) is 14.6 Å². The Bertz CT molecular complexity index is 580. The predicted octanol–water partition coefficient (Wildman–Crippen LogP) is 0.468. The van der Waals surface area contributed by atoms with Crippen molar-refractivity contribution < 1.29 is 29.1 Å². The van der Waals surface area contributed by atoms with Crippen molar-refractivity contribution >= 4 is 40.5 Å². The maximum atomic E-state index is 11.4. The van der Waals surface area contributed by atoms with Crippen LogP contribution < -0.4 is 5.32 Å². The number of hydrogen-bond acceptors (Lipinski definition) is 8. The van der Waals surface area contributed by atoms with Gasteiger partial charge in [0.2, 0.25) is 17.7 Å². The molecule has 1 heterocycles. The number of oxime groups is 1. The van der Waals surface area contributed by atoms with Gasteiger partial charge in [-0.15, -0.1) is 11.3 Å². The maximum absolute atomic E-state index is 11.4. The van der Waals surface area contributed by atoms with E-state index >= 15 is 0 Å². The summed E-state index contributed by atoms with van der Waals surface area (Å²) < 4.78 is 4.51. The monoisotopic (exact) mass is 315 g/mol. The number of nitrogens with zero attached hydrogens (tertiary/aromatic N) is 2. The van der Waals surface area contributed by atoms with E-state index in [1.54, 1.807) is 0 Å². The van der Waals surface area contributed by atoms with Crippen LogP contribution in [0.3, 0.4) is 0 Å². The minimum atomic E-state index is -1.45. The molecule has 0 unspecified atom stereocenters. The standard InChI is InChI=1S/C11H13N3O6S/c1-11(2,9(18)19-3)20-14-7(8(16)17)6-4-21-10(13-6)12-5-15/h4-5H,1-3H3,(H,16,17)(H,12,13,15). The van der Waals surface area contributed by atoms with Crippen LogP contribution in [0.1, 0.15) is 19.5 Å². The van der Waals surface area contributed by atoms with Crippen molar-refractivity contribution in [2.45, 2.75) is 19.4 Å². The molecule has 1 aromatic rings. The van der Waals surface area contributed by atoms with Crippen LogP contribution in [0.4, 0.5) is 5.13 Å². The number of rotatable bonds is 7. The van der Waals surface area contributed by atoms with Crippen molar-refractivity contribution in [2.75, 3.05) is 12.4 Å². The van der Waals surface area contributed by atoms with Crippen molar-refractivity contribution in [2.24, 2.45) is 5.16 Å². The van der Waals surface area contributed by atoms with E-state index in [1.165, 1.54) is 26.3 Å². The maximum Gasteiger partial charge on any atom is 0.360 e. The van der Waals surface area contributed by atoms with Crippen LogP contribution in [-0.2, 0) is 24.0 Å². The molecule has 1 aromatic heterocycles. The molecule has 0 aliphatic heterocycles. The second-order valence-electron chi connectivity index (χ2n) is 4.14. The third kappa shape index (κ3) is 4.24. The van der Waals surface area contributed by atoms with Crippen molar-refractivity contribution in [1.82, 2.24) is 4.98 Å². The molecule has 114 valence electrons. The molecule has 21 heavy (non-hydrogen) atoms. The van der Waals surface area contributed by atoms with Gasteiger partial charge in [0.1, 0.15) is 5.69 Å². The summed E-state index contributed by atoms with van der Waals surface area (Å²) in [7, 11) is 1.17. The number of thiazole rings is 1. The molecule has 1 rings (SSSR count). The van der Waals surface area contributed by atoms with E-state index in [0.29, 0.717) is 6.41 Å². The van der Waals surface area contributed by atoms with Crippen molar-refractivity contribution in [1.29, 1.82) is 0 Å². The Labute approximate surface area is 123 Å². The van der Waals surface area contributed by atoms with E-state index in [9.17, 15) is 14.4 Å². The van der Waals surface area contributed by atoms with Crippen LogP contribution in [0.15, 0.2) is 10.5 Å². The lowest BCUT2D eigenvalue weighted by Crippen LogP contribution is -2.35. The second-order valence-corrected chi connectivity index (χ2v) is 5.00. The zero-order valence-corrected chi connectivity index (χ0v) is 12.3. The number of ether oxygens (including phenoxy) is 1. The summed E-state index contributed by atoms with van der Waals surface area (Å²) in [6.45, 7) is 2.75. The number of anilines is 1. The molecule has 0 aromatic carbocycles. The van der Waals surface area contributed by atoms with Crippen LogP contribution in [-0.4, -0.2) is 46.9 Å². The second kappa shape index (κ2) is 6.79. The van der Waals surface area contributed by atoms with Crippen LogP contribution in [0.5, 0.6) is 0 Å². The first-order valence-electron chi connectivity index (χ1n) is 5.55. The van der Waals surface area contributed by atoms with E-state index in [0.717, 1.165) is 11.3 Å². The highest BCUT2D eigenvalue weighted by atomic mass is 32.1. The Morgan fingerprint density at radius 3 is 2.71 bits per heavy atom. The molecule has 0 fully saturated rings. The average Bonchev–Trinajstić information content (AvgIpc) is 2.86. The molecule has 1 amide bonds. The van der Waals surface area contributed by atoms with E-state index in [2.05, 4.69) is 20.2 Å². The fourth-order valence-corrected chi connectivity index (χ4v) is 1.79. The molecule has 0 saturated heterocycles. The van der Waals surface area contributed by atoms with Gasteiger partial charge in [0.25, 0.3) is 0 Å². The number of aromatic nitrogens is 1. The van der Waals surface area contributed by atoms with E-state index in [-0.39, 0.29) is 10.8 Å². The van der Waals surface area contributed by atoms with Gasteiger partial charge in [-0.1, -0.05) is 5.16 Å². The Kier molecular flexibility index (Phi) is 5.36. The summed E-state index contributed by atoms with van der Waals surface area (Å²) in [5.41, 5.74) is -1.95. The van der Waals surface area contributed by atoms with Crippen molar-refractivity contribution in [3.8, 4) is 0 Å². The molecule has 0 aliphatic carbocycles. The fraction of sp³-hybridized carbons (Fsp3) is 0.364. The summed E-state index contributed by atoms with van der Waals surface area (Å²) in [6.07, 6.45) is 0.414. The number of amides is 1. The van der Waals surface area contributed by atoms with Gasteiger partial charge in [-0.3, -0.25) is 4.79 Å². The lowest BCUT2D eigenvalue weighted by atomic mass is 10.1. The quantitative estimate of drug-likeness (QED) is 0.324. The first-order valence-corrected chi connectivity index (χ1v) is 6.43. The highest BCUT2D eigenvalue weighted by Gasteiger charge is 2.32. The molecule has 0 spiro atoms. The minimum Gasteiger partial charge on any atom is -0.476 e. The topological polar surface area (TPSA) is 127 Å². The summed E-state index contributed by atoms with van der Waals surface area (Å²) in [5.74, 6) is -2.10.